The number of hydrogen-bond acceptors (Lipinski definition) is 6. The van der Waals surface area contributed by atoms with Gasteiger partial charge < -0.3 is 19.5 Å². The first-order valence-electron chi connectivity index (χ1n) is 8.87. The Morgan fingerprint density at radius 1 is 1.23 bits per heavy atom. The van der Waals surface area contributed by atoms with E-state index in [0.717, 1.165) is 17.0 Å². The third-order valence-electron chi connectivity index (χ3n) is 4.13. The van der Waals surface area contributed by atoms with Gasteiger partial charge >= 0.3 is 0 Å². The van der Waals surface area contributed by atoms with Crippen LogP contribution in [-0.2, 0) is 38.6 Å². The van der Waals surface area contributed by atoms with Gasteiger partial charge in [-0.1, -0.05) is 11.6 Å². The molecule has 8 heteroatoms. The van der Waals surface area contributed by atoms with E-state index in [2.05, 4.69) is 16.0 Å². The summed E-state index contributed by atoms with van der Waals surface area (Å²) in [6, 6.07) is 10.00. The zero-order valence-electron chi connectivity index (χ0n) is 17.2. The van der Waals surface area contributed by atoms with Crippen molar-refractivity contribution in [3.8, 4) is 17.1 Å². The second-order valence-electron chi connectivity index (χ2n) is 6.21. The molecule has 1 aromatic carbocycles. The van der Waals surface area contributed by atoms with Gasteiger partial charge in [-0.3, -0.25) is 14.8 Å². The number of ketones is 1. The van der Waals surface area contributed by atoms with E-state index < -0.39 is 0 Å². The summed E-state index contributed by atoms with van der Waals surface area (Å²) in [7, 11) is 3.49. The minimum absolute atomic E-state index is 0. The standard InChI is InChI=1S/C12H13N2O2.C10H11NO2.Ir/c1-14-6-5-13-12(14)11-4-3-10(16-2)7-9(11)8-15;1-7(12)10(8(2)13)9-3-5-11-6-4-9;/h3,5-7,15H,8H2,1-2H3;3-6,12H,1-2H3;/q-1;;/b;10-7+;. The number of nitrogens with zero attached hydrogens (tertiary/aromatic N) is 3. The van der Waals surface area contributed by atoms with Gasteiger partial charge in [-0.25, -0.2) is 0 Å². The van der Waals surface area contributed by atoms with E-state index in [4.69, 9.17) is 4.74 Å². The van der Waals surface area contributed by atoms with Crippen LogP contribution in [0.15, 0.2) is 54.8 Å². The van der Waals surface area contributed by atoms with Crippen LogP contribution in [0.2, 0.25) is 0 Å². The molecule has 7 nitrogen and oxygen atoms in total. The van der Waals surface area contributed by atoms with Crippen molar-refractivity contribution in [2.24, 2.45) is 7.05 Å². The van der Waals surface area contributed by atoms with Crippen LogP contribution < -0.4 is 4.74 Å². The van der Waals surface area contributed by atoms with Crippen LogP contribution in [0, 0.1) is 6.07 Å². The fourth-order valence-electron chi connectivity index (χ4n) is 2.76. The molecular weight excluding hydrogens is 562 g/mol. The Morgan fingerprint density at radius 3 is 2.37 bits per heavy atom. The summed E-state index contributed by atoms with van der Waals surface area (Å²) in [6.07, 6.45) is 6.74. The van der Waals surface area contributed by atoms with E-state index in [1.54, 1.807) is 50.0 Å². The van der Waals surface area contributed by atoms with E-state index in [0.29, 0.717) is 16.9 Å². The number of allylic oxidation sites excluding steroid dienone is 2. The molecule has 0 saturated carbocycles. The van der Waals surface area contributed by atoms with Gasteiger partial charge in [0.15, 0.2) is 5.78 Å². The monoisotopic (exact) mass is 587 g/mol. The van der Waals surface area contributed by atoms with Crippen molar-refractivity contribution >= 4 is 11.4 Å². The van der Waals surface area contributed by atoms with Crippen LogP contribution in [0.3, 0.4) is 0 Å². The number of carbonyl (C=O) groups excluding carboxylic acids is 1. The van der Waals surface area contributed by atoms with Crippen molar-refractivity contribution in [1.29, 1.82) is 0 Å². The average Bonchev–Trinajstić information content (AvgIpc) is 3.14. The summed E-state index contributed by atoms with van der Waals surface area (Å²) < 4.78 is 6.98. The number of methoxy groups -OCH3 is 1. The van der Waals surface area contributed by atoms with Gasteiger partial charge in [0.2, 0.25) is 0 Å². The fourth-order valence-corrected chi connectivity index (χ4v) is 2.76. The largest absolute Gasteiger partial charge is 0.540 e. The van der Waals surface area contributed by atoms with Crippen LogP contribution >= 0.6 is 0 Å². The molecule has 2 heterocycles. The molecule has 0 bridgehead atoms. The number of aryl methyl sites for hydroxylation is 1. The first-order chi connectivity index (χ1) is 13.9. The zero-order chi connectivity index (χ0) is 21.4. The minimum Gasteiger partial charge on any atom is -0.540 e. The minimum atomic E-state index is -0.147. The van der Waals surface area contributed by atoms with Gasteiger partial charge in [0.25, 0.3) is 0 Å². The smallest absolute Gasteiger partial charge is 0.163 e. The van der Waals surface area contributed by atoms with Crippen LogP contribution in [0.1, 0.15) is 25.0 Å². The van der Waals surface area contributed by atoms with Gasteiger partial charge in [0.05, 0.1) is 18.5 Å². The van der Waals surface area contributed by atoms with Gasteiger partial charge in [0.1, 0.15) is 5.76 Å². The summed E-state index contributed by atoms with van der Waals surface area (Å²) >= 11 is 0. The Labute approximate surface area is 189 Å². The fraction of sp³-hybridized carbons (Fsp3) is 0.227. The molecule has 3 rings (SSSR count). The Hall–Kier alpha value is -2.80. The van der Waals surface area contributed by atoms with Crippen LogP contribution in [0.4, 0.5) is 0 Å². The maximum absolute atomic E-state index is 11.1. The number of hydrogen-bond donors (Lipinski definition) is 2. The van der Waals surface area contributed by atoms with E-state index in [-0.39, 0.29) is 38.3 Å². The molecule has 0 spiro atoms. The van der Waals surface area contributed by atoms with Crippen molar-refractivity contribution in [3.63, 3.8) is 0 Å². The maximum atomic E-state index is 11.1. The molecule has 0 saturated heterocycles. The summed E-state index contributed by atoms with van der Waals surface area (Å²) in [5, 5.41) is 18.6. The predicted octanol–water partition coefficient (Wildman–Crippen LogP) is 3.35. The van der Waals surface area contributed by atoms with Gasteiger partial charge in [-0.15, -0.1) is 17.7 Å². The number of pyridine rings is 1. The van der Waals surface area contributed by atoms with E-state index in [1.807, 2.05) is 17.8 Å². The van der Waals surface area contributed by atoms with E-state index >= 15 is 0 Å². The summed E-state index contributed by atoms with van der Waals surface area (Å²) in [5.74, 6) is 1.36. The van der Waals surface area contributed by atoms with Crippen LogP contribution in [-0.4, -0.2) is 37.6 Å². The number of aliphatic hydroxyl groups is 2. The molecule has 0 amide bonds. The van der Waals surface area contributed by atoms with Gasteiger partial charge in [-0.2, -0.15) is 0 Å². The third-order valence-corrected chi connectivity index (χ3v) is 4.13. The van der Waals surface area contributed by atoms with Crippen molar-refractivity contribution in [1.82, 2.24) is 14.5 Å². The molecule has 0 aliphatic carbocycles. The molecule has 161 valence electrons. The zero-order valence-corrected chi connectivity index (χ0v) is 19.6. The Morgan fingerprint density at radius 2 is 1.90 bits per heavy atom. The molecule has 2 aromatic heterocycles. The number of aromatic nitrogens is 3. The first-order valence-corrected chi connectivity index (χ1v) is 8.87. The summed E-state index contributed by atoms with van der Waals surface area (Å²) in [4.78, 5) is 19.2. The molecule has 0 fully saturated rings. The third kappa shape index (κ3) is 6.35. The molecular formula is C22H24IrN3O4-. The first kappa shape index (κ1) is 25.2. The second-order valence-corrected chi connectivity index (χ2v) is 6.21. The summed E-state index contributed by atoms with van der Waals surface area (Å²) in [5.41, 5.74) is 2.61. The quantitative estimate of drug-likeness (QED) is 0.271. The molecule has 1 radical (unpaired) electrons. The Kier molecular flexibility index (Phi) is 10.1. The number of carbonyl (C=O) groups is 1. The molecule has 0 unspecified atom stereocenters. The topological polar surface area (TPSA) is 97.5 Å². The predicted molar refractivity (Wildman–Crippen MR) is 110 cm³/mol. The van der Waals surface area contributed by atoms with Crippen molar-refractivity contribution in [2.45, 2.75) is 20.5 Å². The average molecular weight is 587 g/mol. The van der Waals surface area contributed by atoms with E-state index in [9.17, 15) is 15.0 Å². The SMILES string of the molecule is CC(=O)/C(=C(/C)O)c1ccncc1.COc1c[c-]c(-c2nccn2C)c(CO)c1.[Ir]. The molecule has 3 aromatic rings. The van der Waals surface area contributed by atoms with E-state index in [1.165, 1.54) is 13.8 Å². The molecule has 0 aliphatic heterocycles. The number of aliphatic hydroxyl groups excluding tert-OH is 2. The number of benzene rings is 1. The molecule has 30 heavy (non-hydrogen) atoms. The maximum Gasteiger partial charge on any atom is 0.163 e. The normalized spacial score (nSPS) is 10.8. The molecule has 0 atom stereocenters. The van der Waals surface area contributed by atoms with Crippen molar-refractivity contribution in [3.05, 3.63) is 72.0 Å². The second kappa shape index (κ2) is 12.0. The number of ether oxygens (including phenoxy) is 1. The van der Waals surface area contributed by atoms with Gasteiger partial charge in [-0.05, 0) is 31.5 Å². The molecule has 0 aliphatic rings. The molecule has 2 N–H and O–H groups in total. The van der Waals surface area contributed by atoms with Gasteiger partial charge in [0, 0.05) is 64.3 Å². The number of rotatable bonds is 5. The Bertz CT molecular complexity index is 997. The number of imidazole rings is 1. The Balaban J connectivity index is 0.000000297. The van der Waals surface area contributed by atoms with Crippen molar-refractivity contribution in [2.75, 3.05) is 7.11 Å². The summed E-state index contributed by atoms with van der Waals surface area (Å²) in [6.45, 7) is 2.86. The van der Waals surface area contributed by atoms with Crippen molar-refractivity contribution < 1.29 is 39.8 Å². The van der Waals surface area contributed by atoms with Crippen LogP contribution in [0.25, 0.3) is 17.0 Å². The number of Topliss-reactive ketones (excluding diaryl/α,β-unsaturated/α-hetero) is 1. The van der Waals surface area contributed by atoms with Crippen LogP contribution in [0.5, 0.6) is 5.75 Å².